The number of hydrogen-bond donors (Lipinski definition) is 0. The Morgan fingerprint density at radius 2 is 1.75 bits per heavy atom. The van der Waals surface area contributed by atoms with Crippen LogP contribution in [0.25, 0.3) is 0 Å². The summed E-state index contributed by atoms with van der Waals surface area (Å²) in [5.41, 5.74) is 3.29. The van der Waals surface area contributed by atoms with Gasteiger partial charge in [0.15, 0.2) is 0 Å². The van der Waals surface area contributed by atoms with Gasteiger partial charge in [-0.15, -0.1) is 0 Å². The van der Waals surface area contributed by atoms with Crippen LogP contribution < -0.4 is 4.74 Å². The summed E-state index contributed by atoms with van der Waals surface area (Å²) in [4.78, 5) is 17.5. The molecule has 0 aliphatic carbocycles. The molecule has 0 N–H and O–H groups in total. The molecule has 0 unspecified atom stereocenters. The van der Waals surface area contributed by atoms with Crippen LogP contribution >= 0.6 is 15.9 Å². The number of amides is 1. The first kappa shape index (κ1) is 21.9. The fraction of sp³-hybridized carbons (Fsp3) is 0.500. The molecule has 1 atom stereocenters. The van der Waals surface area contributed by atoms with Crippen LogP contribution in [0.2, 0.25) is 0 Å². The molecular formula is C26H31BrN2O3. The molecule has 5 rings (SSSR count). The number of hydrogen-bond acceptors (Lipinski definition) is 4. The highest BCUT2D eigenvalue weighted by Crippen LogP contribution is 2.38. The van der Waals surface area contributed by atoms with E-state index in [4.69, 9.17) is 9.47 Å². The highest BCUT2D eigenvalue weighted by molar-refractivity contribution is 9.10. The monoisotopic (exact) mass is 498 g/mol. The topological polar surface area (TPSA) is 42.0 Å². The zero-order valence-electron chi connectivity index (χ0n) is 18.5. The molecule has 3 aliphatic rings. The molecule has 5 nitrogen and oxygen atoms in total. The standard InChI is InChI=1S/C26H31BrN2O3/c27-23-15-21(24-22(16-23)18-31-26(32-24)20-7-3-1-4-8-20)17-28-13-9-19(10-14-28)25(30)29-11-5-2-6-12-29/h1,3-4,7-8,15-16,19,26H,2,5-6,9-14,17-18H2/t26-/m0/s1. The zero-order chi connectivity index (χ0) is 21.9. The molecule has 6 heteroatoms. The summed E-state index contributed by atoms with van der Waals surface area (Å²) in [6.45, 7) is 5.16. The van der Waals surface area contributed by atoms with Gasteiger partial charge in [-0.3, -0.25) is 9.69 Å². The minimum absolute atomic E-state index is 0.188. The lowest BCUT2D eigenvalue weighted by Crippen LogP contribution is -2.44. The van der Waals surface area contributed by atoms with Crippen molar-refractivity contribution in [2.45, 2.75) is 51.5 Å². The number of ether oxygens (including phenoxy) is 2. The van der Waals surface area contributed by atoms with Crippen molar-refractivity contribution >= 4 is 21.8 Å². The summed E-state index contributed by atoms with van der Waals surface area (Å²) in [7, 11) is 0. The molecule has 2 aromatic carbocycles. The fourth-order valence-corrected chi connectivity index (χ4v) is 5.67. The molecule has 1 amide bonds. The van der Waals surface area contributed by atoms with E-state index in [0.717, 1.165) is 79.8 Å². The van der Waals surface area contributed by atoms with E-state index in [0.29, 0.717) is 12.5 Å². The van der Waals surface area contributed by atoms with Gasteiger partial charge in [-0.25, -0.2) is 0 Å². The van der Waals surface area contributed by atoms with Gasteiger partial charge in [-0.1, -0.05) is 46.3 Å². The number of fused-ring (bicyclic) bond motifs is 1. The molecule has 0 spiro atoms. The Kier molecular flexibility index (Phi) is 6.81. The van der Waals surface area contributed by atoms with Crippen molar-refractivity contribution in [1.29, 1.82) is 0 Å². The maximum absolute atomic E-state index is 12.9. The van der Waals surface area contributed by atoms with Crippen molar-refractivity contribution in [3.8, 4) is 5.75 Å². The van der Waals surface area contributed by atoms with E-state index in [9.17, 15) is 4.79 Å². The lowest BCUT2D eigenvalue weighted by molar-refractivity contribution is -0.138. The molecule has 0 radical (unpaired) electrons. The molecule has 0 saturated carbocycles. The van der Waals surface area contributed by atoms with E-state index >= 15 is 0 Å². The summed E-state index contributed by atoms with van der Waals surface area (Å²) in [5.74, 6) is 1.52. The van der Waals surface area contributed by atoms with Crippen LogP contribution in [0, 0.1) is 5.92 Å². The summed E-state index contributed by atoms with van der Waals surface area (Å²) in [5, 5.41) is 0. The third-order valence-corrected chi connectivity index (χ3v) is 7.35. The van der Waals surface area contributed by atoms with Crippen molar-refractivity contribution < 1.29 is 14.3 Å². The lowest BCUT2D eigenvalue weighted by Gasteiger charge is -2.36. The number of likely N-dealkylation sites (tertiary alicyclic amines) is 2. The first-order valence-corrected chi connectivity index (χ1v) is 12.6. The predicted octanol–water partition coefficient (Wildman–Crippen LogP) is 5.28. The minimum atomic E-state index is -0.378. The average Bonchev–Trinajstić information content (AvgIpc) is 2.85. The van der Waals surface area contributed by atoms with Crippen molar-refractivity contribution in [2.75, 3.05) is 26.2 Å². The van der Waals surface area contributed by atoms with Gasteiger partial charge in [0.05, 0.1) is 6.61 Å². The molecule has 0 bridgehead atoms. The van der Waals surface area contributed by atoms with Gasteiger partial charge in [0.1, 0.15) is 5.75 Å². The van der Waals surface area contributed by atoms with Crippen molar-refractivity contribution in [1.82, 2.24) is 9.80 Å². The first-order chi connectivity index (χ1) is 15.7. The Hall–Kier alpha value is -1.89. The Morgan fingerprint density at radius 1 is 1.00 bits per heavy atom. The number of benzene rings is 2. The van der Waals surface area contributed by atoms with Gasteiger partial charge >= 0.3 is 0 Å². The maximum atomic E-state index is 12.9. The van der Waals surface area contributed by atoms with Crippen LogP contribution in [0.5, 0.6) is 5.75 Å². The molecule has 170 valence electrons. The van der Waals surface area contributed by atoms with Crippen LogP contribution in [-0.2, 0) is 22.7 Å². The average molecular weight is 499 g/mol. The van der Waals surface area contributed by atoms with E-state index in [1.54, 1.807) is 0 Å². The highest BCUT2D eigenvalue weighted by atomic mass is 79.9. The molecule has 3 aliphatic heterocycles. The molecule has 2 saturated heterocycles. The normalized spacial score (nSPS) is 22.3. The third-order valence-electron chi connectivity index (χ3n) is 6.89. The first-order valence-electron chi connectivity index (χ1n) is 11.8. The summed E-state index contributed by atoms with van der Waals surface area (Å²) < 4.78 is 13.4. The third kappa shape index (κ3) is 4.87. The van der Waals surface area contributed by atoms with Crippen molar-refractivity contribution in [3.63, 3.8) is 0 Å². The highest BCUT2D eigenvalue weighted by Gasteiger charge is 2.30. The number of rotatable bonds is 4. The number of halogens is 1. The van der Waals surface area contributed by atoms with Crippen LogP contribution in [0.3, 0.4) is 0 Å². The Labute approximate surface area is 198 Å². The molecule has 32 heavy (non-hydrogen) atoms. The van der Waals surface area contributed by atoms with E-state index in [1.165, 1.54) is 12.0 Å². The second kappa shape index (κ2) is 9.94. The second-order valence-corrected chi connectivity index (χ2v) is 10.1. The van der Waals surface area contributed by atoms with E-state index in [-0.39, 0.29) is 12.2 Å². The fourth-order valence-electron chi connectivity index (χ4n) is 5.12. The van der Waals surface area contributed by atoms with E-state index < -0.39 is 0 Å². The summed E-state index contributed by atoms with van der Waals surface area (Å²) in [6.07, 6.45) is 5.09. The number of carbonyl (C=O) groups excluding carboxylic acids is 1. The Balaban J connectivity index is 1.24. The number of nitrogens with zero attached hydrogens (tertiary/aromatic N) is 2. The van der Waals surface area contributed by atoms with Crippen LogP contribution in [0.15, 0.2) is 46.9 Å². The summed E-state index contributed by atoms with van der Waals surface area (Å²) in [6, 6.07) is 14.4. The largest absolute Gasteiger partial charge is 0.460 e. The second-order valence-electron chi connectivity index (χ2n) is 9.16. The van der Waals surface area contributed by atoms with E-state index in [2.05, 4.69) is 37.9 Å². The Morgan fingerprint density at radius 3 is 2.50 bits per heavy atom. The van der Waals surface area contributed by atoms with Crippen molar-refractivity contribution in [3.05, 3.63) is 63.6 Å². The predicted molar refractivity (Wildman–Crippen MR) is 127 cm³/mol. The number of carbonyl (C=O) groups is 1. The van der Waals surface area contributed by atoms with Gasteiger partial charge in [-0.05, 0) is 57.3 Å². The van der Waals surface area contributed by atoms with Crippen LogP contribution in [-0.4, -0.2) is 41.9 Å². The molecular weight excluding hydrogens is 468 g/mol. The maximum Gasteiger partial charge on any atom is 0.227 e. The van der Waals surface area contributed by atoms with Gasteiger partial charge in [0.2, 0.25) is 12.2 Å². The molecule has 2 aromatic rings. The van der Waals surface area contributed by atoms with Crippen LogP contribution in [0.1, 0.15) is 55.1 Å². The van der Waals surface area contributed by atoms with Gasteiger partial charge in [0.25, 0.3) is 0 Å². The van der Waals surface area contributed by atoms with Gasteiger partial charge in [0, 0.05) is 46.7 Å². The smallest absolute Gasteiger partial charge is 0.227 e. The summed E-state index contributed by atoms with van der Waals surface area (Å²) >= 11 is 3.66. The molecule has 3 heterocycles. The van der Waals surface area contributed by atoms with Crippen molar-refractivity contribution in [2.24, 2.45) is 5.92 Å². The minimum Gasteiger partial charge on any atom is -0.460 e. The van der Waals surface area contributed by atoms with E-state index in [1.807, 2.05) is 30.3 Å². The van der Waals surface area contributed by atoms with Gasteiger partial charge < -0.3 is 14.4 Å². The quantitative estimate of drug-likeness (QED) is 0.574. The molecule has 0 aromatic heterocycles. The lowest BCUT2D eigenvalue weighted by atomic mass is 9.94. The van der Waals surface area contributed by atoms with Gasteiger partial charge in [-0.2, -0.15) is 0 Å². The molecule has 2 fully saturated rings. The van der Waals surface area contributed by atoms with Crippen LogP contribution in [0.4, 0.5) is 0 Å². The number of piperidine rings is 2. The zero-order valence-corrected chi connectivity index (χ0v) is 20.1. The Bertz CT molecular complexity index is 938. The SMILES string of the molecule is O=C(C1CCN(Cc2cc(Br)cc3c2O[C@@H](c2ccccc2)OC3)CC1)N1CCCCC1.